The van der Waals surface area contributed by atoms with E-state index < -0.39 is 5.97 Å². The lowest BCUT2D eigenvalue weighted by atomic mass is 10.1. The molecule has 2 aromatic carbocycles. The lowest BCUT2D eigenvalue weighted by Crippen LogP contribution is -2.31. The van der Waals surface area contributed by atoms with Crippen LogP contribution in [0.2, 0.25) is 0 Å². The molecule has 0 aliphatic carbocycles. The van der Waals surface area contributed by atoms with Crippen LogP contribution in [0, 0.1) is 5.92 Å². The normalized spacial score (nSPS) is 10.8. The molecule has 6 heteroatoms. The van der Waals surface area contributed by atoms with Crippen LogP contribution < -0.4 is 10.1 Å². The number of carbonyl (C=O) groups excluding carboxylic acids is 2. The number of nitrogens with one attached hydrogen (secondary N) is 1. The summed E-state index contributed by atoms with van der Waals surface area (Å²) in [5.74, 6) is 0.00789. The number of fused-ring (bicyclic) bond motifs is 1. The second kappa shape index (κ2) is 9.08. The molecule has 0 spiro atoms. The Morgan fingerprint density at radius 3 is 2.50 bits per heavy atom. The van der Waals surface area contributed by atoms with Gasteiger partial charge in [0.1, 0.15) is 17.9 Å². The number of benzene rings is 2. The fourth-order valence-corrected chi connectivity index (χ4v) is 2.64. The van der Waals surface area contributed by atoms with Crippen molar-refractivity contribution in [2.75, 3.05) is 13.2 Å². The van der Waals surface area contributed by atoms with Gasteiger partial charge >= 0.3 is 5.97 Å². The minimum Gasteiger partial charge on any atom is -0.489 e. The predicted octanol–water partition coefficient (Wildman–Crippen LogP) is 3.94. The zero-order valence-electron chi connectivity index (χ0n) is 15.9. The number of ether oxygens (including phenoxy) is 2. The number of furan rings is 1. The number of esters is 1. The molecule has 0 radical (unpaired) electrons. The van der Waals surface area contributed by atoms with Gasteiger partial charge in [-0.25, -0.2) is 4.79 Å². The first-order valence-corrected chi connectivity index (χ1v) is 9.16. The third kappa shape index (κ3) is 4.91. The predicted molar refractivity (Wildman–Crippen MR) is 105 cm³/mol. The van der Waals surface area contributed by atoms with Crippen molar-refractivity contribution >= 4 is 22.8 Å². The Hall–Kier alpha value is -3.28. The number of amides is 1. The lowest BCUT2D eigenvalue weighted by Gasteiger charge is -2.09. The molecule has 1 amide bonds. The van der Waals surface area contributed by atoms with Gasteiger partial charge in [-0.15, -0.1) is 0 Å². The van der Waals surface area contributed by atoms with Crippen molar-refractivity contribution in [1.82, 2.24) is 5.32 Å². The molecular weight excluding hydrogens is 358 g/mol. The molecule has 28 heavy (non-hydrogen) atoms. The summed E-state index contributed by atoms with van der Waals surface area (Å²) >= 11 is 0. The highest BCUT2D eigenvalue weighted by Gasteiger charge is 2.23. The lowest BCUT2D eigenvalue weighted by molar-refractivity contribution is -0.124. The molecule has 0 aliphatic rings. The minimum absolute atomic E-state index is 0.0498. The maximum Gasteiger partial charge on any atom is 0.375 e. The summed E-state index contributed by atoms with van der Waals surface area (Å²) in [5.41, 5.74) is 1.15. The summed E-state index contributed by atoms with van der Waals surface area (Å²) in [4.78, 5) is 24.3. The first-order chi connectivity index (χ1) is 13.5. The Labute approximate surface area is 163 Å². The maximum atomic E-state index is 12.5. The van der Waals surface area contributed by atoms with Crippen molar-refractivity contribution in [3.05, 3.63) is 65.9 Å². The summed E-state index contributed by atoms with van der Waals surface area (Å²) in [5, 5.41) is 3.48. The van der Waals surface area contributed by atoms with Gasteiger partial charge in [0.25, 0.3) is 5.91 Å². The topological polar surface area (TPSA) is 77.8 Å². The standard InChI is InChI=1S/C22H23NO5/c1-15(2)12-23-20(24)14-27-22(25)21-18(13-26-16-8-4-3-5-9-16)17-10-6-7-11-19(17)28-21/h3-11,15H,12-14H2,1-2H3,(H,23,24). The first kappa shape index (κ1) is 19.5. The molecule has 0 unspecified atom stereocenters. The van der Waals surface area contributed by atoms with Gasteiger partial charge in [0, 0.05) is 11.9 Å². The average Bonchev–Trinajstić information content (AvgIpc) is 3.08. The molecule has 146 valence electrons. The number of carbonyl (C=O) groups is 2. The molecule has 0 aliphatic heterocycles. The maximum absolute atomic E-state index is 12.5. The van der Waals surface area contributed by atoms with Crippen molar-refractivity contribution in [3.8, 4) is 5.75 Å². The van der Waals surface area contributed by atoms with Crippen molar-refractivity contribution < 1.29 is 23.5 Å². The van der Waals surface area contributed by atoms with Gasteiger partial charge in [-0.1, -0.05) is 50.2 Å². The van der Waals surface area contributed by atoms with E-state index in [2.05, 4.69) is 5.32 Å². The molecule has 0 bridgehead atoms. The van der Waals surface area contributed by atoms with E-state index >= 15 is 0 Å². The van der Waals surface area contributed by atoms with Crippen LogP contribution in [-0.2, 0) is 16.1 Å². The fraction of sp³-hybridized carbons (Fsp3) is 0.273. The second-order valence-electron chi connectivity index (χ2n) is 6.78. The van der Waals surface area contributed by atoms with Crippen LogP contribution in [0.4, 0.5) is 0 Å². The van der Waals surface area contributed by atoms with Crippen LogP contribution >= 0.6 is 0 Å². The molecule has 1 N–H and O–H groups in total. The van der Waals surface area contributed by atoms with Crippen molar-refractivity contribution in [2.24, 2.45) is 5.92 Å². The van der Waals surface area contributed by atoms with Gasteiger partial charge in [0.2, 0.25) is 5.76 Å². The second-order valence-corrected chi connectivity index (χ2v) is 6.78. The Bertz CT molecular complexity index is 946. The molecule has 0 saturated heterocycles. The van der Waals surface area contributed by atoms with Crippen molar-refractivity contribution in [2.45, 2.75) is 20.5 Å². The first-order valence-electron chi connectivity index (χ1n) is 9.16. The summed E-state index contributed by atoms with van der Waals surface area (Å²) in [6, 6.07) is 16.6. The summed E-state index contributed by atoms with van der Waals surface area (Å²) < 4.78 is 16.6. The van der Waals surface area contributed by atoms with Crippen LogP contribution in [0.3, 0.4) is 0 Å². The summed E-state index contributed by atoms with van der Waals surface area (Å²) in [6.45, 7) is 4.28. The third-order valence-electron chi connectivity index (χ3n) is 4.05. The SMILES string of the molecule is CC(C)CNC(=O)COC(=O)c1oc2ccccc2c1COc1ccccc1. The quantitative estimate of drug-likeness (QED) is 0.598. The van der Waals surface area contributed by atoms with E-state index in [9.17, 15) is 9.59 Å². The Morgan fingerprint density at radius 2 is 1.75 bits per heavy atom. The zero-order chi connectivity index (χ0) is 19.9. The Morgan fingerprint density at radius 1 is 1.04 bits per heavy atom. The van der Waals surface area contributed by atoms with Crippen molar-refractivity contribution in [3.63, 3.8) is 0 Å². The monoisotopic (exact) mass is 381 g/mol. The summed E-state index contributed by atoms with van der Waals surface area (Å²) in [7, 11) is 0. The number of hydrogen-bond acceptors (Lipinski definition) is 5. The molecule has 0 saturated carbocycles. The van der Waals surface area contributed by atoms with E-state index in [4.69, 9.17) is 13.9 Å². The third-order valence-corrected chi connectivity index (χ3v) is 4.05. The highest BCUT2D eigenvalue weighted by Crippen LogP contribution is 2.28. The van der Waals surface area contributed by atoms with Crippen LogP contribution in [-0.4, -0.2) is 25.0 Å². The average molecular weight is 381 g/mol. The molecule has 3 rings (SSSR count). The highest BCUT2D eigenvalue weighted by atomic mass is 16.5. The molecule has 1 heterocycles. The van der Waals surface area contributed by atoms with Crippen LogP contribution in [0.25, 0.3) is 11.0 Å². The molecule has 6 nitrogen and oxygen atoms in total. The van der Waals surface area contributed by atoms with E-state index in [1.54, 1.807) is 6.07 Å². The van der Waals surface area contributed by atoms with Gasteiger partial charge in [-0.3, -0.25) is 4.79 Å². The van der Waals surface area contributed by atoms with Crippen LogP contribution in [0.5, 0.6) is 5.75 Å². The Balaban J connectivity index is 1.74. The van der Waals surface area contributed by atoms with E-state index in [1.807, 2.05) is 62.4 Å². The van der Waals surface area contributed by atoms with Gasteiger partial charge < -0.3 is 19.2 Å². The van der Waals surface area contributed by atoms with Crippen LogP contribution in [0.15, 0.2) is 59.0 Å². The Kier molecular flexibility index (Phi) is 6.32. The molecule has 0 fully saturated rings. The van der Waals surface area contributed by atoms with Crippen LogP contribution in [0.1, 0.15) is 30.0 Å². The fourth-order valence-electron chi connectivity index (χ4n) is 2.64. The largest absolute Gasteiger partial charge is 0.489 e. The van der Waals surface area contributed by atoms with Crippen molar-refractivity contribution in [1.29, 1.82) is 0 Å². The van der Waals surface area contributed by atoms with Gasteiger partial charge in [-0.2, -0.15) is 0 Å². The molecule has 1 aromatic heterocycles. The summed E-state index contributed by atoms with van der Waals surface area (Å²) in [6.07, 6.45) is 0. The number of para-hydroxylation sites is 2. The number of rotatable bonds is 8. The van der Waals surface area contributed by atoms with Gasteiger partial charge in [0.15, 0.2) is 6.61 Å². The highest BCUT2D eigenvalue weighted by molar-refractivity contribution is 5.96. The molecular formula is C22H23NO5. The smallest absolute Gasteiger partial charge is 0.375 e. The molecule has 0 atom stereocenters. The van der Waals surface area contributed by atoms with E-state index in [0.717, 1.165) is 5.39 Å². The zero-order valence-corrected chi connectivity index (χ0v) is 15.9. The van der Waals surface area contributed by atoms with E-state index in [-0.39, 0.29) is 24.9 Å². The van der Waals surface area contributed by atoms with E-state index in [0.29, 0.717) is 29.4 Å². The van der Waals surface area contributed by atoms with Gasteiger partial charge in [0.05, 0.1) is 5.56 Å². The minimum atomic E-state index is -0.692. The molecule has 3 aromatic rings. The van der Waals surface area contributed by atoms with Gasteiger partial charge in [-0.05, 0) is 24.1 Å². The number of hydrogen-bond donors (Lipinski definition) is 1. The van der Waals surface area contributed by atoms with E-state index in [1.165, 1.54) is 0 Å².